The predicted molar refractivity (Wildman–Crippen MR) is 117 cm³/mol. The van der Waals surface area contributed by atoms with Crippen molar-refractivity contribution < 1.29 is 47.8 Å². The SMILES string of the molecule is CCC(CC(C)C(=O)NC(C)(C)CS(=O)(=O)O)c1ccc(S(=O)(=O)NS(=O)(=O)C(F)(F)F)cc1. The van der Waals surface area contributed by atoms with Crippen molar-refractivity contribution in [1.29, 1.82) is 0 Å². The summed E-state index contributed by atoms with van der Waals surface area (Å²) < 4.78 is 116. The summed E-state index contributed by atoms with van der Waals surface area (Å²) in [4.78, 5) is 11.8. The summed E-state index contributed by atoms with van der Waals surface area (Å²) in [5.41, 5.74) is -6.49. The maximum Gasteiger partial charge on any atom is 0.512 e. The second kappa shape index (κ2) is 10.5. The number of carbonyl (C=O) groups is 1. The average Bonchev–Trinajstić information content (AvgIpc) is 2.61. The molecule has 0 aliphatic carbocycles. The lowest BCUT2D eigenvalue weighted by Gasteiger charge is -2.28. The zero-order valence-corrected chi connectivity index (χ0v) is 21.2. The molecule has 0 aliphatic heterocycles. The van der Waals surface area contributed by atoms with Crippen molar-refractivity contribution in [3.05, 3.63) is 29.8 Å². The molecule has 0 spiro atoms. The molecule has 16 heteroatoms. The number of carbonyl (C=O) groups excluding carboxylic acids is 1. The van der Waals surface area contributed by atoms with Crippen molar-refractivity contribution >= 4 is 36.1 Å². The molecule has 2 atom stereocenters. The quantitative estimate of drug-likeness (QED) is 0.351. The maximum absolute atomic E-state index is 12.5. The molecule has 0 saturated carbocycles. The lowest BCUT2D eigenvalue weighted by Crippen LogP contribution is -2.50. The second-order valence-corrected chi connectivity index (χ2v) is 13.5. The van der Waals surface area contributed by atoms with E-state index in [1.54, 1.807) is 13.8 Å². The molecule has 1 amide bonds. The van der Waals surface area contributed by atoms with Gasteiger partial charge < -0.3 is 5.32 Å². The fraction of sp³-hybridized carbons (Fsp3) is 0.611. The van der Waals surface area contributed by atoms with Crippen molar-refractivity contribution in [3.63, 3.8) is 0 Å². The Morgan fingerprint density at radius 2 is 1.53 bits per heavy atom. The summed E-state index contributed by atoms with van der Waals surface area (Å²) in [6, 6.07) is 4.50. The van der Waals surface area contributed by atoms with Crippen LogP contribution in [0.5, 0.6) is 0 Å². The predicted octanol–water partition coefficient (Wildman–Crippen LogP) is 2.12. The van der Waals surface area contributed by atoms with E-state index in [4.69, 9.17) is 4.55 Å². The Labute approximate surface area is 197 Å². The van der Waals surface area contributed by atoms with Crippen LogP contribution in [0.1, 0.15) is 52.0 Å². The van der Waals surface area contributed by atoms with Gasteiger partial charge in [0.1, 0.15) is 0 Å². The Balaban J connectivity index is 2.98. The van der Waals surface area contributed by atoms with E-state index in [9.17, 15) is 43.2 Å². The molecule has 0 aliphatic rings. The van der Waals surface area contributed by atoms with Gasteiger partial charge >= 0.3 is 15.5 Å². The van der Waals surface area contributed by atoms with Crippen molar-refractivity contribution in [2.24, 2.45) is 5.92 Å². The van der Waals surface area contributed by atoms with Gasteiger partial charge in [-0.1, -0.05) is 30.1 Å². The molecule has 0 heterocycles. The molecule has 0 aromatic heterocycles. The minimum absolute atomic E-state index is 0.261. The molecule has 2 unspecified atom stereocenters. The van der Waals surface area contributed by atoms with Crippen molar-refractivity contribution in [3.8, 4) is 0 Å². The first-order valence-electron chi connectivity index (χ1n) is 9.82. The molecule has 34 heavy (non-hydrogen) atoms. The molecule has 1 aromatic carbocycles. The van der Waals surface area contributed by atoms with Crippen molar-refractivity contribution in [2.75, 3.05) is 5.75 Å². The van der Waals surface area contributed by atoms with Crippen LogP contribution in [0.15, 0.2) is 29.2 Å². The van der Waals surface area contributed by atoms with Gasteiger partial charge in [-0.3, -0.25) is 9.35 Å². The fourth-order valence-electron chi connectivity index (χ4n) is 3.18. The molecule has 1 rings (SSSR count). The van der Waals surface area contributed by atoms with E-state index >= 15 is 0 Å². The minimum atomic E-state index is -6.12. The van der Waals surface area contributed by atoms with Crippen LogP contribution < -0.4 is 9.44 Å². The van der Waals surface area contributed by atoms with E-state index in [-0.39, 0.29) is 12.3 Å². The van der Waals surface area contributed by atoms with Gasteiger partial charge in [-0.15, -0.1) is 0 Å². The molecule has 0 fully saturated rings. The van der Waals surface area contributed by atoms with E-state index in [0.717, 1.165) is 12.1 Å². The minimum Gasteiger partial charge on any atom is -0.350 e. The van der Waals surface area contributed by atoms with Crippen molar-refractivity contribution in [2.45, 2.75) is 62.4 Å². The molecule has 3 N–H and O–H groups in total. The van der Waals surface area contributed by atoms with Gasteiger partial charge in [0.25, 0.3) is 20.1 Å². The van der Waals surface area contributed by atoms with Gasteiger partial charge in [-0.25, -0.2) is 16.8 Å². The number of rotatable bonds is 11. The lowest BCUT2D eigenvalue weighted by atomic mass is 9.87. The van der Waals surface area contributed by atoms with Crippen LogP contribution in [0.2, 0.25) is 0 Å². The summed E-state index contributed by atoms with van der Waals surface area (Å²) in [6.45, 7) is 6.23. The normalized spacial score (nSPS) is 15.5. The summed E-state index contributed by atoms with van der Waals surface area (Å²) in [5, 5.41) is 2.54. The van der Waals surface area contributed by atoms with Crippen LogP contribution in [0.4, 0.5) is 13.2 Å². The number of alkyl halides is 3. The number of amides is 1. The van der Waals surface area contributed by atoms with Gasteiger partial charge in [-0.2, -0.15) is 21.6 Å². The highest BCUT2D eigenvalue weighted by molar-refractivity contribution is 8.05. The highest BCUT2D eigenvalue weighted by Gasteiger charge is 2.48. The van der Waals surface area contributed by atoms with Crippen LogP contribution in [-0.2, 0) is 35.0 Å². The van der Waals surface area contributed by atoms with Gasteiger partial charge in [-0.05, 0) is 50.3 Å². The monoisotopic (exact) mass is 552 g/mol. The molecule has 196 valence electrons. The van der Waals surface area contributed by atoms with Crippen LogP contribution in [0.3, 0.4) is 0 Å². The molecule has 1 aromatic rings. The number of hydrogen-bond acceptors (Lipinski definition) is 7. The average molecular weight is 553 g/mol. The third kappa shape index (κ3) is 8.79. The summed E-state index contributed by atoms with van der Waals surface area (Å²) >= 11 is 0. The van der Waals surface area contributed by atoms with E-state index in [1.807, 2.05) is 0 Å². The number of benzene rings is 1. The molecule has 0 radical (unpaired) electrons. The highest BCUT2D eigenvalue weighted by Crippen LogP contribution is 2.29. The van der Waals surface area contributed by atoms with Crippen LogP contribution in [0.25, 0.3) is 0 Å². The van der Waals surface area contributed by atoms with Crippen LogP contribution in [-0.4, -0.2) is 52.5 Å². The first-order valence-corrected chi connectivity index (χ1v) is 14.4. The molecule has 10 nitrogen and oxygen atoms in total. The smallest absolute Gasteiger partial charge is 0.350 e. The summed E-state index contributed by atoms with van der Waals surface area (Å²) in [7, 11) is -15.5. The van der Waals surface area contributed by atoms with Gasteiger partial charge in [0.05, 0.1) is 16.2 Å². The standard InChI is InChI=1S/C18H27F3N2O8S3/c1-5-13(10-12(2)16(24)22-17(3,4)11-32(25,26)27)14-6-8-15(9-7-14)33(28,29)23-34(30,31)18(19,20)21/h6-9,12-13,23H,5,10-11H2,1-4H3,(H,22,24)(H,25,26,27). The Bertz CT molecular complexity index is 1190. The third-order valence-electron chi connectivity index (χ3n) is 4.77. The third-order valence-corrected chi connectivity index (χ3v) is 9.11. The Kier molecular flexibility index (Phi) is 9.33. The van der Waals surface area contributed by atoms with Gasteiger partial charge in [0, 0.05) is 5.92 Å². The molecular weight excluding hydrogens is 525 g/mol. The fourth-order valence-corrected chi connectivity index (χ4v) is 6.58. The van der Waals surface area contributed by atoms with E-state index in [0.29, 0.717) is 16.1 Å². The number of sulfonamides is 2. The number of nitrogens with one attached hydrogen (secondary N) is 2. The second-order valence-electron chi connectivity index (χ2n) is 8.45. The van der Waals surface area contributed by atoms with E-state index < -0.39 is 63.7 Å². The van der Waals surface area contributed by atoms with E-state index in [1.165, 1.54) is 26.0 Å². The largest absolute Gasteiger partial charge is 0.512 e. The first kappa shape index (κ1) is 30.3. The first-order chi connectivity index (χ1) is 15.1. The molecule has 0 saturated heterocycles. The topological polar surface area (TPSA) is 164 Å². The molecule has 0 bridgehead atoms. The zero-order valence-electron chi connectivity index (χ0n) is 18.7. The lowest BCUT2D eigenvalue weighted by molar-refractivity contribution is -0.126. The number of halogens is 3. The summed E-state index contributed by atoms with van der Waals surface area (Å²) in [5.74, 6) is -2.07. The Hall–Kier alpha value is -1.75. The van der Waals surface area contributed by atoms with Gasteiger partial charge in [0.2, 0.25) is 5.91 Å². The zero-order chi connectivity index (χ0) is 26.8. The van der Waals surface area contributed by atoms with Crippen LogP contribution in [0, 0.1) is 5.92 Å². The highest BCUT2D eigenvalue weighted by atomic mass is 32.3. The van der Waals surface area contributed by atoms with Gasteiger partial charge in [0.15, 0.2) is 0 Å². The van der Waals surface area contributed by atoms with E-state index in [2.05, 4.69) is 5.32 Å². The summed E-state index contributed by atoms with van der Waals surface area (Å²) in [6.07, 6.45) is 0.760. The van der Waals surface area contributed by atoms with Crippen molar-refractivity contribution in [1.82, 2.24) is 9.44 Å². The number of hydrogen-bond donors (Lipinski definition) is 3. The molecular formula is C18H27F3N2O8S3. The van der Waals surface area contributed by atoms with Crippen LogP contribution >= 0.6 is 0 Å². The maximum atomic E-state index is 12.5. The Morgan fingerprint density at radius 3 is 1.94 bits per heavy atom. The Morgan fingerprint density at radius 1 is 1.03 bits per heavy atom.